The Balaban J connectivity index is 1.96. The molecule has 0 heterocycles. The summed E-state index contributed by atoms with van der Waals surface area (Å²) >= 11 is 0. The van der Waals surface area contributed by atoms with Crippen molar-refractivity contribution in [2.24, 2.45) is 16.7 Å². The maximum absolute atomic E-state index is 9.41. The summed E-state index contributed by atoms with van der Waals surface area (Å²) in [7, 11) is 0. The zero-order valence-electron chi connectivity index (χ0n) is 13.0. The molecule has 0 saturated heterocycles. The summed E-state index contributed by atoms with van der Waals surface area (Å²) in [4.78, 5) is 0. The van der Waals surface area contributed by atoms with E-state index in [1.807, 2.05) is 19.1 Å². The number of nitrogens with one attached hydrogen (secondary N) is 1. The standard InChI is InChI=1S/C18H24N2/c1-12-6-5-7-15(14(12)11-19)20-16-17(2,3)13-8-9-18(16,4)10-13/h5-7,13,16,20H,8-10H2,1-4H3. The highest BCUT2D eigenvalue weighted by molar-refractivity contribution is 5.61. The van der Waals surface area contributed by atoms with Crippen molar-refractivity contribution in [3.8, 4) is 6.07 Å². The highest BCUT2D eigenvalue weighted by atomic mass is 15.0. The molecule has 2 heteroatoms. The Hall–Kier alpha value is -1.49. The number of benzene rings is 1. The van der Waals surface area contributed by atoms with Crippen LogP contribution < -0.4 is 5.32 Å². The first-order valence-electron chi connectivity index (χ1n) is 7.65. The molecule has 2 aliphatic rings. The van der Waals surface area contributed by atoms with Gasteiger partial charge in [0.05, 0.1) is 11.3 Å². The number of hydrogen-bond acceptors (Lipinski definition) is 2. The summed E-state index contributed by atoms with van der Waals surface area (Å²) in [5.41, 5.74) is 3.56. The summed E-state index contributed by atoms with van der Waals surface area (Å²) in [6.45, 7) is 9.21. The highest BCUT2D eigenvalue weighted by Gasteiger charge is 2.59. The number of anilines is 1. The Morgan fingerprint density at radius 2 is 2.05 bits per heavy atom. The molecule has 0 amide bonds. The Morgan fingerprint density at radius 1 is 1.30 bits per heavy atom. The average Bonchev–Trinajstić information content (AvgIpc) is 2.86. The van der Waals surface area contributed by atoms with Gasteiger partial charge in [-0.1, -0.05) is 32.9 Å². The van der Waals surface area contributed by atoms with Crippen LogP contribution in [0.1, 0.15) is 51.2 Å². The smallest absolute Gasteiger partial charge is 0.102 e. The molecule has 1 N–H and O–H groups in total. The quantitative estimate of drug-likeness (QED) is 0.857. The molecule has 20 heavy (non-hydrogen) atoms. The molecule has 0 aliphatic heterocycles. The molecule has 106 valence electrons. The van der Waals surface area contributed by atoms with Gasteiger partial charge >= 0.3 is 0 Å². The SMILES string of the molecule is Cc1cccc(NC2C3(C)CCC(C3)C2(C)C)c1C#N. The second-order valence-corrected chi connectivity index (χ2v) is 7.60. The molecule has 0 aromatic heterocycles. The van der Waals surface area contributed by atoms with Crippen LogP contribution in [0.25, 0.3) is 0 Å². The van der Waals surface area contributed by atoms with Gasteiger partial charge in [-0.15, -0.1) is 0 Å². The van der Waals surface area contributed by atoms with Gasteiger partial charge in [0.25, 0.3) is 0 Å². The minimum Gasteiger partial charge on any atom is -0.380 e. The van der Waals surface area contributed by atoms with Crippen LogP contribution >= 0.6 is 0 Å². The predicted molar refractivity (Wildman–Crippen MR) is 82.5 cm³/mol. The van der Waals surface area contributed by atoms with E-state index in [9.17, 15) is 5.26 Å². The lowest BCUT2D eigenvalue weighted by atomic mass is 9.68. The molecule has 0 radical (unpaired) electrons. The van der Waals surface area contributed by atoms with E-state index >= 15 is 0 Å². The van der Waals surface area contributed by atoms with E-state index in [0.717, 1.165) is 22.7 Å². The van der Waals surface area contributed by atoms with Gasteiger partial charge in [-0.25, -0.2) is 0 Å². The fourth-order valence-electron chi connectivity index (χ4n) is 4.75. The number of nitriles is 1. The maximum Gasteiger partial charge on any atom is 0.102 e. The Labute approximate surface area is 122 Å². The number of hydrogen-bond donors (Lipinski definition) is 1. The first-order valence-corrected chi connectivity index (χ1v) is 7.65. The van der Waals surface area contributed by atoms with E-state index in [4.69, 9.17) is 0 Å². The lowest BCUT2D eigenvalue weighted by Crippen LogP contribution is -2.45. The van der Waals surface area contributed by atoms with Gasteiger partial charge in [-0.2, -0.15) is 5.26 Å². The fourth-order valence-corrected chi connectivity index (χ4v) is 4.75. The van der Waals surface area contributed by atoms with Crippen molar-refractivity contribution in [1.29, 1.82) is 5.26 Å². The van der Waals surface area contributed by atoms with Crippen LogP contribution in [0.5, 0.6) is 0 Å². The predicted octanol–water partition coefficient (Wildman–Crippen LogP) is 4.49. The largest absolute Gasteiger partial charge is 0.380 e. The Morgan fingerprint density at radius 3 is 2.65 bits per heavy atom. The molecular formula is C18H24N2. The molecule has 2 aliphatic carbocycles. The van der Waals surface area contributed by atoms with Crippen LogP contribution in [-0.4, -0.2) is 6.04 Å². The fraction of sp³-hybridized carbons (Fsp3) is 0.611. The lowest BCUT2D eigenvalue weighted by Gasteiger charge is -2.43. The lowest BCUT2D eigenvalue weighted by molar-refractivity contribution is 0.155. The normalized spacial score (nSPS) is 34.0. The zero-order valence-corrected chi connectivity index (χ0v) is 13.0. The second kappa shape index (κ2) is 4.25. The third kappa shape index (κ3) is 1.76. The minimum absolute atomic E-state index is 0.309. The molecule has 2 nitrogen and oxygen atoms in total. The topological polar surface area (TPSA) is 35.8 Å². The third-order valence-corrected chi connectivity index (χ3v) is 5.95. The van der Waals surface area contributed by atoms with Gasteiger partial charge < -0.3 is 5.32 Å². The van der Waals surface area contributed by atoms with Crippen molar-refractivity contribution < 1.29 is 0 Å². The Bertz CT molecular complexity index is 577. The van der Waals surface area contributed by atoms with Gasteiger partial charge in [-0.3, -0.25) is 0 Å². The van der Waals surface area contributed by atoms with Crippen LogP contribution in [0.2, 0.25) is 0 Å². The van der Waals surface area contributed by atoms with Crippen molar-refractivity contribution >= 4 is 5.69 Å². The number of nitrogens with zero attached hydrogens (tertiary/aromatic N) is 1. The van der Waals surface area contributed by atoms with Gasteiger partial charge in [0.1, 0.15) is 6.07 Å². The molecule has 3 atom stereocenters. The first-order chi connectivity index (χ1) is 9.38. The van der Waals surface area contributed by atoms with Crippen LogP contribution in [0, 0.1) is 35.0 Å². The van der Waals surface area contributed by atoms with Crippen molar-refractivity contribution in [2.75, 3.05) is 5.32 Å². The summed E-state index contributed by atoms with van der Waals surface area (Å²) in [5.74, 6) is 0.820. The highest BCUT2D eigenvalue weighted by Crippen LogP contribution is 2.63. The van der Waals surface area contributed by atoms with E-state index in [1.165, 1.54) is 19.3 Å². The van der Waals surface area contributed by atoms with Gasteiger partial charge in [0.15, 0.2) is 0 Å². The van der Waals surface area contributed by atoms with E-state index in [0.29, 0.717) is 16.9 Å². The maximum atomic E-state index is 9.41. The van der Waals surface area contributed by atoms with Crippen LogP contribution in [0.3, 0.4) is 0 Å². The Kier molecular flexibility index (Phi) is 2.87. The van der Waals surface area contributed by atoms with Crippen LogP contribution in [0.4, 0.5) is 5.69 Å². The molecule has 0 spiro atoms. The van der Waals surface area contributed by atoms with Crippen LogP contribution in [-0.2, 0) is 0 Å². The van der Waals surface area contributed by atoms with E-state index in [-0.39, 0.29) is 0 Å². The molecular weight excluding hydrogens is 244 g/mol. The number of aryl methyl sites for hydroxylation is 1. The molecule has 2 saturated carbocycles. The molecule has 2 bridgehead atoms. The molecule has 1 aromatic carbocycles. The molecule has 3 rings (SSSR count). The van der Waals surface area contributed by atoms with Crippen molar-refractivity contribution in [1.82, 2.24) is 0 Å². The summed E-state index contributed by atoms with van der Waals surface area (Å²) in [6.07, 6.45) is 4.00. The van der Waals surface area contributed by atoms with Gasteiger partial charge in [-0.05, 0) is 54.6 Å². The monoisotopic (exact) mass is 268 g/mol. The molecule has 3 unspecified atom stereocenters. The third-order valence-electron chi connectivity index (χ3n) is 5.95. The van der Waals surface area contributed by atoms with Gasteiger partial charge in [0.2, 0.25) is 0 Å². The summed E-state index contributed by atoms with van der Waals surface area (Å²) in [6, 6.07) is 8.93. The molecule has 2 fully saturated rings. The van der Waals surface area contributed by atoms with E-state index in [2.05, 4.69) is 38.2 Å². The summed E-state index contributed by atoms with van der Waals surface area (Å²) in [5, 5.41) is 13.2. The van der Waals surface area contributed by atoms with Gasteiger partial charge in [0, 0.05) is 6.04 Å². The number of fused-ring (bicyclic) bond motifs is 2. The first kappa shape index (κ1) is 13.5. The van der Waals surface area contributed by atoms with E-state index < -0.39 is 0 Å². The zero-order chi connectivity index (χ0) is 14.5. The molecule has 1 aromatic rings. The van der Waals surface area contributed by atoms with Crippen molar-refractivity contribution in [3.05, 3.63) is 29.3 Å². The van der Waals surface area contributed by atoms with Crippen molar-refractivity contribution in [2.45, 2.75) is 53.0 Å². The van der Waals surface area contributed by atoms with Crippen molar-refractivity contribution in [3.63, 3.8) is 0 Å². The number of rotatable bonds is 2. The summed E-state index contributed by atoms with van der Waals surface area (Å²) < 4.78 is 0. The second-order valence-electron chi connectivity index (χ2n) is 7.60. The minimum atomic E-state index is 0.309. The average molecular weight is 268 g/mol. The van der Waals surface area contributed by atoms with Crippen LogP contribution in [0.15, 0.2) is 18.2 Å². The van der Waals surface area contributed by atoms with E-state index in [1.54, 1.807) is 0 Å².